The third-order valence-corrected chi connectivity index (χ3v) is 16.9. The number of allylic oxidation sites excluding steroid dienone is 1. The Morgan fingerprint density at radius 1 is 1.05 bits per heavy atom. The summed E-state index contributed by atoms with van der Waals surface area (Å²) in [5.74, 6) is 0. The van der Waals surface area contributed by atoms with E-state index in [1.807, 2.05) is 0 Å². The summed E-state index contributed by atoms with van der Waals surface area (Å²) in [6.07, 6.45) is 1.02. The molecule has 0 spiro atoms. The SMILES string of the molecule is CC1=C([Si](C)(C)C)[Si](Cl)(Cl)C1(CC(C)(C)C)c1ccccc1. The van der Waals surface area contributed by atoms with Crippen LogP contribution in [0.5, 0.6) is 0 Å². The van der Waals surface area contributed by atoms with E-state index in [-0.39, 0.29) is 10.5 Å². The first-order valence-corrected chi connectivity index (χ1v) is 15.5. The van der Waals surface area contributed by atoms with Crippen molar-refractivity contribution in [3.8, 4) is 0 Å². The predicted molar refractivity (Wildman–Crippen MR) is 106 cm³/mol. The molecule has 0 saturated heterocycles. The minimum atomic E-state index is -2.52. The lowest BCUT2D eigenvalue weighted by molar-refractivity contribution is 0.326. The maximum Gasteiger partial charge on any atom is 0.287 e. The molecule has 2 rings (SSSR count). The molecule has 22 heavy (non-hydrogen) atoms. The van der Waals surface area contributed by atoms with E-state index < -0.39 is 14.8 Å². The van der Waals surface area contributed by atoms with Crippen molar-refractivity contribution < 1.29 is 0 Å². The molecule has 0 fully saturated rings. The first-order valence-electron chi connectivity index (χ1n) is 8.00. The van der Waals surface area contributed by atoms with E-state index in [1.165, 1.54) is 16.0 Å². The van der Waals surface area contributed by atoms with E-state index >= 15 is 0 Å². The van der Waals surface area contributed by atoms with Crippen molar-refractivity contribution >= 4 is 36.9 Å². The van der Waals surface area contributed by atoms with Crippen LogP contribution < -0.4 is 0 Å². The van der Waals surface area contributed by atoms with Crippen LogP contribution in [0, 0.1) is 5.41 Å². The molecule has 1 aromatic rings. The van der Waals surface area contributed by atoms with Gasteiger partial charge in [-0.05, 0) is 24.3 Å². The van der Waals surface area contributed by atoms with Crippen LogP contribution in [0.15, 0.2) is 40.7 Å². The first kappa shape index (κ1) is 18.3. The van der Waals surface area contributed by atoms with Crippen LogP contribution in [0.25, 0.3) is 0 Å². The van der Waals surface area contributed by atoms with Gasteiger partial charge >= 0.3 is 0 Å². The molecule has 0 saturated carbocycles. The Bertz CT molecular complexity index is 592. The van der Waals surface area contributed by atoms with Gasteiger partial charge in [0, 0.05) is 5.04 Å². The van der Waals surface area contributed by atoms with Gasteiger partial charge in [-0.15, -0.1) is 22.2 Å². The molecule has 1 atom stereocenters. The molecule has 0 amide bonds. The van der Waals surface area contributed by atoms with E-state index in [4.69, 9.17) is 22.2 Å². The van der Waals surface area contributed by atoms with Crippen molar-refractivity contribution in [3.63, 3.8) is 0 Å². The van der Waals surface area contributed by atoms with Gasteiger partial charge in [0.15, 0.2) is 0 Å². The normalized spacial score (nSPS) is 25.1. The van der Waals surface area contributed by atoms with Crippen LogP contribution in [0.4, 0.5) is 0 Å². The fourth-order valence-electron chi connectivity index (χ4n) is 4.13. The van der Waals surface area contributed by atoms with Gasteiger partial charge in [-0.3, -0.25) is 0 Å². The molecule has 0 N–H and O–H groups in total. The Morgan fingerprint density at radius 3 is 1.91 bits per heavy atom. The largest absolute Gasteiger partial charge is 0.287 e. The summed E-state index contributed by atoms with van der Waals surface area (Å²) in [7, 11) is -1.49. The zero-order valence-corrected chi connectivity index (χ0v) is 18.4. The van der Waals surface area contributed by atoms with E-state index in [0.29, 0.717) is 0 Å². The zero-order valence-electron chi connectivity index (χ0n) is 14.8. The molecular weight excluding hydrogens is 343 g/mol. The van der Waals surface area contributed by atoms with Gasteiger partial charge in [-0.2, -0.15) is 0 Å². The fourth-order valence-corrected chi connectivity index (χ4v) is 20.7. The van der Waals surface area contributed by atoms with Gasteiger partial charge in [-0.1, -0.05) is 81.1 Å². The molecule has 1 aromatic carbocycles. The third-order valence-electron chi connectivity index (χ3n) is 4.68. The van der Waals surface area contributed by atoms with Gasteiger partial charge in [0.2, 0.25) is 0 Å². The lowest BCUT2D eigenvalue weighted by Crippen LogP contribution is -2.65. The van der Waals surface area contributed by atoms with Crippen LogP contribution in [-0.2, 0) is 5.04 Å². The topological polar surface area (TPSA) is 0 Å². The summed E-state index contributed by atoms with van der Waals surface area (Å²) in [6.45, 7) is 13.7. The molecule has 1 heterocycles. The monoisotopic (exact) mass is 370 g/mol. The highest BCUT2D eigenvalue weighted by atomic mass is 35.7. The molecule has 0 aromatic heterocycles. The molecule has 4 heteroatoms. The minimum Gasteiger partial charge on any atom is -0.139 e. The maximum atomic E-state index is 7.19. The highest BCUT2D eigenvalue weighted by molar-refractivity contribution is 7.54. The summed E-state index contributed by atoms with van der Waals surface area (Å²) in [5, 5.41) is -0.134. The van der Waals surface area contributed by atoms with E-state index in [0.717, 1.165) is 6.42 Å². The number of hydrogen-bond acceptors (Lipinski definition) is 0. The Labute approximate surface area is 147 Å². The molecule has 0 aliphatic carbocycles. The Balaban J connectivity index is 2.71. The van der Waals surface area contributed by atoms with Gasteiger partial charge in [0.05, 0.1) is 8.07 Å². The average Bonchev–Trinajstić information content (AvgIpc) is 2.33. The Hall–Kier alpha value is -0.0262. The standard InChI is InChI=1S/C18H28Cl2Si2/c1-14-16(21(5,6)7)22(19,20)18(14,13-17(2,3)4)15-11-9-8-10-12-15/h8-12H,13H2,1-7H3. The van der Waals surface area contributed by atoms with E-state index in [2.05, 4.69) is 77.7 Å². The molecule has 0 radical (unpaired) electrons. The van der Waals surface area contributed by atoms with Crippen LogP contribution in [0.1, 0.15) is 39.7 Å². The van der Waals surface area contributed by atoms with E-state index in [9.17, 15) is 0 Å². The molecule has 122 valence electrons. The van der Waals surface area contributed by atoms with Crippen LogP contribution in [0.2, 0.25) is 19.6 Å². The predicted octanol–water partition coefficient (Wildman–Crippen LogP) is 6.57. The zero-order chi connectivity index (χ0) is 17.0. The highest BCUT2D eigenvalue weighted by Gasteiger charge is 2.67. The van der Waals surface area contributed by atoms with Crippen molar-refractivity contribution in [1.29, 1.82) is 0 Å². The lowest BCUT2D eigenvalue weighted by Gasteiger charge is -2.58. The quantitative estimate of drug-likeness (QED) is 0.416. The van der Waals surface area contributed by atoms with Crippen molar-refractivity contribution in [3.05, 3.63) is 46.3 Å². The van der Waals surface area contributed by atoms with Crippen LogP contribution >= 0.6 is 22.2 Å². The maximum absolute atomic E-state index is 7.19. The Kier molecular flexibility index (Phi) is 4.59. The van der Waals surface area contributed by atoms with Crippen molar-refractivity contribution in [2.75, 3.05) is 0 Å². The second-order valence-corrected chi connectivity index (χ2v) is 20.8. The number of hydrogen-bond donors (Lipinski definition) is 0. The van der Waals surface area contributed by atoms with Gasteiger partial charge < -0.3 is 0 Å². The second-order valence-electron chi connectivity index (χ2n) is 8.83. The molecule has 0 nitrogen and oxygen atoms in total. The van der Waals surface area contributed by atoms with Crippen LogP contribution in [0.3, 0.4) is 0 Å². The molecule has 1 aliphatic rings. The summed E-state index contributed by atoms with van der Waals surface area (Å²) in [5.41, 5.74) is 2.95. The molecule has 1 unspecified atom stereocenters. The summed E-state index contributed by atoms with van der Waals surface area (Å²) in [6, 6.07) is 10.7. The minimum absolute atomic E-state index is 0.134. The molecular formula is C18H28Cl2Si2. The summed E-state index contributed by atoms with van der Waals surface area (Å²) < 4.78 is 0. The van der Waals surface area contributed by atoms with Crippen molar-refractivity contribution in [2.24, 2.45) is 5.41 Å². The molecule has 1 aliphatic heterocycles. The van der Waals surface area contributed by atoms with Crippen molar-refractivity contribution in [1.82, 2.24) is 0 Å². The number of benzene rings is 1. The highest BCUT2D eigenvalue weighted by Crippen LogP contribution is 2.63. The van der Waals surface area contributed by atoms with Gasteiger partial charge in [0.1, 0.15) is 0 Å². The second kappa shape index (κ2) is 5.51. The summed E-state index contributed by atoms with van der Waals surface area (Å²) >= 11 is 14.4. The smallest absolute Gasteiger partial charge is 0.139 e. The fraction of sp³-hybridized carbons (Fsp3) is 0.556. The molecule has 0 bridgehead atoms. The van der Waals surface area contributed by atoms with E-state index in [1.54, 1.807) is 0 Å². The average molecular weight is 372 g/mol. The van der Waals surface area contributed by atoms with Gasteiger partial charge in [-0.25, -0.2) is 0 Å². The number of halogens is 2. The Morgan fingerprint density at radius 2 is 1.55 bits per heavy atom. The van der Waals surface area contributed by atoms with Gasteiger partial charge in [0.25, 0.3) is 6.69 Å². The summed E-state index contributed by atoms with van der Waals surface area (Å²) in [4.78, 5) is 1.46. The number of rotatable bonds is 3. The van der Waals surface area contributed by atoms with Crippen molar-refractivity contribution in [2.45, 2.75) is 58.8 Å². The first-order chi connectivity index (χ1) is 9.84. The lowest BCUT2D eigenvalue weighted by atomic mass is 9.77. The van der Waals surface area contributed by atoms with Crippen LogP contribution in [-0.4, -0.2) is 14.8 Å². The third kappa shape index (κ3) is 2.77.